The van der Waals surface area contributed by atoms with Crippen LogP contribution in [0.25, 0.3) is 0 Å². The quantitative estimate of drug-likeness (QED) is 0.779. The van der Waals surface area contributed by atoms with E-state index in [1.54, 1.807) is 30.3 Å². The Hall–Kier alpha value is -1.69. The molecule has 0 N–H and O–H groups in total. The highest BCUT2D eigenvalue weighted by molar-refractivity contribution is 7.89. The Labute approximate surface area is 147 Å². The molecule has 1 aliphatic rings. The Morgan fingerprint density at radius 3 is 2.17 bits per heavy atom. The highest BCUT2D eigenvalue weighted by atomic mass is 35.5. The minimum absolute atomic E-state index is 0.0883. The monoisotopic (exact) mass is 363 g/mol. The summed E-state index contributed by atoms with van der Waals surface area (Å²) in [6, 6.07) is 15.6. The summed E-state index contributed by atoms with van der Waals surface area (Å²) in [6.45, 7) is 0.660. The average Bonchev–Trinajstić information content (AvgIpc) is 2.62. The van der Waals surface area contributed by atoms with Crippen LogP contribution in [0.1, 0.15) is 23.2 Å². The molecule has 0 radical (unpaired) electrons. The number of carbonyl (C=O) groups is 1. The van der Waals surface area contributed by atoms with Gasteiger partial charge in [0.15, 0.2) is 5.78 Å². The first-order chi connectivity index (χ1) is 11.5. The Bertz CT molecular complexity index is 828. The highest BCUT2D eigenvalue weighted by Crippen LogP contribution is 2.29. The van der Waals surface area contributed by atoms with Gasteiger partial charge in [-0.2, -0.15) is 4.31 Å². The van der Waals surface area contributed by atoms with Crippen LogP contribution in [0.3, 0.4) is 0 Å². The van der Waals surface area contributed by atoms with Crippen LogP contribution in [-0.2, 0) is 10.0 Å². The zero-order valence-electron chi connectivity index (χ0n) is 13.1. The van der Waals surface area contributed by atoms with Crippen LogP contribution in [0.2, 0.25) is 5.02 Å². The summed E-state index contributed by atoms with van der Waals surface area (Å²) in [5.74, 6) is -0.0458. The molecule has 0 aromatic heterocycles. The summed E-state index contributed by atoms with van der Waals surface area (Å²) < 4.78 is 26.8. The van der Waals surface area contributed by atoms with Gasteiger partial charge >= 0.3 is 0 Å². The molecule has 1 heterocycles. The number of ketones is 1. The molecule has 2 aromatic rings. The van der Waals surface area contributed by atoms with Crippen molar-refractivity contribution in [1.29, 1.82) is 0 Å². The first-order valence-electron chi connectivity index (χ1n) is 7.84. The van der Waals surface area contributed by atoms with Crippen molar-refractivity contribution in [3.05, 3.63) is 65.2 Å². The minimum Gasteiger partial charge on any atom is -0.294 e. The van der Waals surface area contributed by atoms with Crippen LogP contribution in [-0.4, -0.2) is 31.6 Å². The van der Waals surface area contributed by atoms with E-state index in [0.29, 0.717) is 31.5 Å². The van der Waals surface area contributed by atoms with Crippen LogP contribution < -0.4 is 0 Å². The molecule has 4 nitrogen and oxygen atoms in total. The molecule has 0 aliphatic carbocycles. The van der Waals surface area contributed by atoms with E-state index < -0.39 is 10.0 Å². The number of hydrogen-bond donors (Lipinski definition) is 0. The number of piperidine rings is 1. The number of nitrogens with zero attached hydrogens (tertiary/aromatic N) is 1. The van der Waals surface area contributed by atoms with Gasteiger partial charge in [0.2, 0.25) is 10.0 Å². The fraction of sp³-hybridized carbons (Fsp3) is 0.278. The van der Waals surface area contributed by atoms with Gasteiger partial charge in [0.1, 0.15) is 4.90 Å². The normalized spacial score (nSPS) is 16.9. The number of halogens is 1. The predicted octanol–water partition coefficient (Wildman–Crippen LogP) is 3.62. The summed E-state index contributed by atoms with van der Waals surface area (Å²) >= 11 is 6.03. The molecule has 1 fully saturated rings. The van der Waals surface area contributed by atoms with Crippen molar-refractivity contribution in [3.8, 4) is 0 Å². The number of benzene rings is 2. The molecule has 0 amide bonds. The Morgan fingerprint density at radius 1 is 0.958 bits per heavy atom. The second-order valence-electron chi connectivity index (χ2n) is 5.84. The Morgan fingerprint density at radius 2 is 1.54 bits per heavy atom. The van der Waals surface area contributed by atoms with Crippen LogP contribution in [0.5, 0.6) is 0 Å². The van der Waals surface area contributed by atoms with Gasteiger partial charge in [-0.05, 0) is 25.0 Å². The van der Waals surface area contributed by atoms with Crippen molar-refractivity contribution in [3.63, 3.8) is 0 Å². The van der Waals surface area contributed by atoms with Crippen molar-refractivity contribution in [2.24, 2.45) is 5.92 Å². The number of sulfonamides is 1. The molecular formula is C18H18ClNO3S. The van der Waals surface area contributed by atoms with E-state index >= 15 is 0 Å². The van der Waals surface area contributed by atoms with Gasteiger partial charge < -0.3 is 0 Å². The van der Waals surface area contributed by atoms with Crippen LogP contribution >= 0.6 is 11.6 Å². The zero-order valence-corrected chi connectivity index (χ0v) is 14.6. The largest absolute Gasteiger partial charge is 0.294 e. The lowest BCUT2D eigenvalue weighted by Crippen LogP contribution is -2.40. The third-order valence-electron chi connectivity index (χ3n) is 4.34. The molecule has 0 spiro atoms. The maximum atomic E-state index is 12.7. The maximum absolute atomic E-state index is 12.7. The number of hydrogen-bond acceptors (Lipinski definition) is 3. The molecule has 0 atom stereocenters. The average molecular weight is 364 g/mol. The van der Waals surface area contributed by atoms with E-state index in [1.807, 2.05) is 18.2 Å². The molecule has 3 rings (SSSR count). The molecule has 0 unspecified atom stereocenters. The summed E-state index contributed by atoms with van der Waals surface area (Å²) in [7, 11) is -3.62. The fourth-order valence-electron chi connectivity index (χ4n) is 2.99. The van der Waals surface area contributed by atoms with Gasteiger partial charge in [-0.1, -0.05) is 54.1 Å². The van der Waals surface area contributed by atoms with Crippen LogP contribution in [0, 0.1) is 5.92 Å². The number of rotatable bonds is 4. The summed E-state index contributed by atoms with van der Waals surface area (Å²) in [6.07, 6.45) is 1.05. The topological polar surface area (TPSA) is 54.5 Å². The third-order valence-corrected chi connectivity index (χ3v) is 6.74. The smallest absolute Gasteiger partial charge is 0.244 e. The molecule has 1 aliphatic heterocycles. The fourth-order valence-corrected chi connectivity index (χ4v) is 4.95. The van der Waals surface area contributed by atoms with E-state index in [4.69, 9.17) is 11.6 Å². The van der Waals surface area contributed by atoms with E-state index in [2.05, 4.69) is 0 Å². The summed E-state index contributed by atoms with van der Waals surface area (Å²) in [5.41, 5.74) is 0.685. The molecular weight excluding hydrogens is 346 g/mol. The van der Waals surface area contributed by atoms with Gasteiger partial charge in [-0.3, -0.25) is 4.79 Å². The first kappa shape index (κ1) is 17.1. The lowest BCUT2D eigenvalue weighted by Gasteiger charge is -2.30. The van der Waals surface area contributed by atoms with Crippen LogP contribution in [0.15, 0.2) is 59.5 Å². The van der Waals surface area contributed by atoms with Gasteiger partial charge in [0.25, 0.3) is 0 Å². The van der Waals surface area contributed by atoms with Crippen molar-refractivity contribution in [1.82, 2.24) is 4.31 Å². The third kappa shape index (κ3) is 3.38. The lowest BCUT2D eigenvalue weighted by atomic mass is 9.90. The SMILES string of the molecule is O=C(c1ccccc1)C1CCN(S(=O)(=O)c2ccccc2Cl)CC1. The zero-order chi connectivity index (χ0) is 17.2. The van der Waals surface area contributed by atoms with E-state index in [1.165, 1.54) is 10.4 Å². The summed E-state index contributed by atoms with van der Waals surface area (Å²) in [4.78, 5) is 12.6. The number of carbonyl (C=O) groups excluding carboxylic acids is 1. The van der Waals surface area contributed by atoms with Gasteiger partial charge in [0, 0.05) is 24.6 Å². The molecule has 1 saturated heterocycles. The molecule has 0 bridgehead atoms. The number of Topliss-reactive ketones (excluding diaryl/α,β-unsaturated/α-hetero) is 1. The molecule has 2 aromatic carbocycles. The maximum Gasteiger partial charge on any atom is 0.244 e. The molecule has 6 heteroatoms. The van der Waals surface area contributed by atoms with Crippen molar-refractivity contribution in [2.45, 2.75) is 17.7 Å². The van der Waals surface area contributed by atoms with E-state index in [-0.39, 0.29) is 21.6 Å². The second-order valence-corrected chi connectivity index (χ2v) is 8.15. The van der Waals surface area contributed by atoms with Crippen molar-refractivity contribution in [2.75, 3.05) is 13.1 Å². The van der Waals surface area contributed by atoms with Gasteiger partial charge in [-0.25, -0.2) is 8.42 Å². The summed E-state index contributed by atoms with van der Waals surface area (Å²) in [5, 5.41) is 0.222. The first-order valence-corrected chi connectivity index (χ1v) is 9.66. The standard InChI is InChI=1S/C18H18ClNO3S/c19-16-8-4-5-9-17(16)24(22,23)20-12-10-15(11-13-20)18(21)14-6-2-1-3-7-14/h1-9,15H,10-13H2. The molecule has 24 heavy (non-hydrogen) atoms. The van der Waals surface area contributed by atoms with Crippen LogP contribution in [0.4, 0.5) is 0 Å². The van der Waals surface area contributed by atoms with Crippen molar-refractivity contribution < 1.29 is 13.2 Å². The highest BCUT2D eigenvalue weighted by Gasteiger charge is 2.33. The van der Waals surface area contributed by atoms with Gasteiger partial charge in [-0.15, -0.1) is 0 Å². The van der Waals surface area contributed by atoms with Crippen molar-refractivity contribution >= 4 is 27.4 Å². The Kier molecular flexibility index (Phi) is 5.04. The minimum atomic E-state index is -3.62. The predicted molar refractivity (Wildman–Crippen MR) is 93.7 cm³/mol. The lowest BCUT2D eigenvalue weighted by molar-refractivity contribution is 0.0875. The van der Waals surface area contributed by atoms with Gasteiger partial charge in [0.05, 0.1) is 5.02 Å². The second kappa shape index (κ2) is 7.05. The molecule has 126 valence electrons. The Balaban J connectivity index is 1.71. The van der Waals surface area contributed by atoms with E-state index in [0.717, 1.165) is 0 Å². The molecule has 0 saturated carbocycles. The van der Waals surface area contributed by atoms with E-state index in [9.17, 15) is 13.2 Å².